The molecule has 0 aliphatic rings. The van der Waals surface area contributed by atoms with Crippen molar-refractivity contribution in [3.8, 4) is 0 Å². The second kappa shape index (κ2) is 6.41. The number of anilines is 1. The Hall–Kier alpha value is -2.04. The quantitative estimate of drug-likeness (QED) is 0.889. The summed E-state index contributed by atoms with van der Waals surface area (Å²) in [6, 6.07) is 3.40. The van der Waals surface area contributed by atoms with E-state index < -0.39 is 12.0 Å². The number of hydrogen-bond donors (Lipinski definition) is 2. The predicted molar refractivity (Wildman–Crippen MR) is 79.1 cm³/mol. The number of nitrogens with zero attached hydrogens (tertiary/aromatic N) is 1. The van der Waals surface area contributed by atoms with E-state index in [9.17, 15) is 9.59 Å². The third kappa shape index (κ3) is 3.98. The van der Waals surface area contributed by atoms with E-state index in [0.717, 1.165) is 22.4 Å². The maximum Gasteiger partial charge on any atom is 0.323 e. The van der Waals surface area contributed by atoms with Crippen molar-refractivity contribution in [2.24, 2.45) is 0 Å². The predicted octanol–water partition coefficient (Wildman–Crippen LogP) is 2.94. The molecule has 0 aromatic heterocycles. The second-order valence-electron chi connectivity index (χ2n) is 5.32. The number of carbonyl (C=O) groups is 2. The number of hydrogen-bond acceptors (Lipinski definition) is 2. The van der Waals surface area contributed by atoms with Crippen molar-refractivity contribution >= 4 is 17.7 Å². The molecular formula is C15H22N2O3. The molecule has 0 aliphatic carbocycles. The van der Waals surface area contributed by atoms with Crippen molar-refractivity contribution in [2.75, 3.05) is 11.9 Å². The van der Waals surface area contributed by atoms with Crippen molar-refractivity contribution in [3.63, 3.8) is 0 Å². The van der Waals surface area contributed by atoms with Gasteiger partial charge in [-0.3, -0.25) is 4.79 Å². The van der Waals surface area contributed by atoms with Crippen molar-refractivity contribution in [3.05, 3.63) is 28.8 Å². The highest BCUT2D eigenvalue weighted by Crippen LogP contribution is 2.22. The number of aliphatic carboxylic acids is 1. The molecule has 20 heavy (non-hydrogen) atoms. The summed E-state index contributed by atoms with van der Waals surface area (Å²) in [7, 11) is 0. The maximum absolute atomic E-state index is 12.2. The zero-order valence-electron chi connectivity index (χ0n) is 12.7. The smallest absolute Gasteiger partial charge is 0.323 e. The Morgan fingerprint density at radius 2 is 1.70 bits per heavy atom. The van der Waals surface area contributed by atoms with Crippen LogP contribution in [0.2, 0.25) is 0 Å². The molecule has 1 aromatic carbocycles. The van der Waals surface area contributed by atoms with Gasteiger partial charge in [-0.15, -0.1) is 0 Å². The van der Waals surface area contributed by atoms with Crippen LogP contribution in [0.25, 0.3) is 0 Å². The van der Waals surface area contributed by atoms with E-state index in [1.165, 1.54) is 4.90 Å². The minimum absolute atomic E-state index is 0.183. The lowest BCUT2D eigenvalue weighted by molar-refractivity contribution is -0.137. The summed E-state index contributed by atoms with van der Waals surface area (Å²) < 4.78 is 0. The average molecular weight is 278 g/mol. The highest BCUT2D eigenvalue weighted by Gasteiger charge is 2.20. The van der Waals surface area contributed by atoms with Crippen LogP contribution in [-0.4, -0.2) is 34.6 Å². The molecule has 110 valence electrons. The van der Waals surface area contributed by atoms with Gasteiger partial charge >= 0.3 is 12.0 Å². The number of carboxylic acid groups (broad SMARTS) is 1. The lowest BCUT2D eigenvalue weighted by Gasteiger charge is -2.26. The van der Waals surface area contributed by atoms with E-state index in [2.05, 4.69) is 5.32 Å². The minimum Gasteiger partial charge on any atom is -0.480 e. The summed E-state index contributed by atoms with van der Waals surface area (Å²) in [4.78, 5) is 24.4. The number of rotatable bonds is 4. The van der Waals surface area contributed by atoms with Gasteiger partial charge < -0.3 is 15.3 Å². The number of nitrogens with one attached hydrogen (secondary N) is 1. The molecule has 0 heterocycles. The summed E-state index contributed by atoms with van der Waals surface area (Å²) in [6.07, 6.45) is 0. The van der Waals surface area contributed by atoms with Crippen LogP contribution in [0.1, 0.15) is 30.5 Å². The Morgan fingerprint density at radius 1 is 1.20 bits per heavy atom. The number of carboxylic acids is 1. The van der Waals surface area contributed by atoms with Crippen LogP contribution in [-0.2, 0) is 4.79 Å². The van der Waals surface area contributed by atoms with Gasteiger partial charge in [0.2, 0.25) is 0 Å². The van der Waals surface area contributed by atoms with E-state index in [4.69, 9.17) is 5.11 Å². The summed E-state index contributed by atoms with van der Waals surface area (Å²) >= 11 is 0. The summed E-state index contributed by atoms with van der Waals surface area (Å²) in [6.45, 7) is 9.11. The van der Waals surface area contributed by atoms with Crippen LogP contribution in [0.5, 0.6) is 0 Å². The fourth-order valence-electron chi connectivity index (χ4n) is 2.19. The van der Waals surface area contributed by atoms with Gasteiger partial charge in [0.1, 0.15) is 6.54 Å². The maximum atomic E-state index is 12.2. The number of amides is 2. The molecule has 0 fully saturated rings. The fourth-order valence-corrected chi connectivity index (χ4v) is 2.19. The SMILES string of the molecule is Cc1cc(C)c(NC(=O)N(CC(=O)O)C(C)C)c(C)c1. The van der Waals surface area contributed by atoms with E-state index in [-0.39, 0.29) is 12.6 Å². The van der Waals surface area contributed by atoms with Crippen molar-refractivity contribution < 1.29 is 14.7 Å². The van der Waals surface area contributed by atoms with Gasteiger partial charge in [0.05, 0.1) is 0 Å². The normalized spacial score (nSPS) is 10.5. The monoisotopic (exact) mass is 278 g/mol. The molecule has 5 heteroatoms. The van der Waals surface area contributed by atoms with Crippen LogP contribution >= 0.6 is 0 Å². The molecule has 0 unspecified atom stereocenters. The highest BCUT2D eigenvalue weighted by atomic mass is 16.4. The molecule has 0 saturated carbocycles. The lowest BCUT2D eigenvalue weighted by atomic mass is 10.1. The van der Waals surface area contributed by atoms with Crippen LogP contribution in [0, 0.1) is 20.8 Å². The molecule has 0 aliphatic heterocycles. The van der Waals surface area contributed by atoms with Crippen molar-refractivity contribution in [1.82, 2.24) is 4.90 Å². The molecule has 0 atom stereocenters. The average Bonchev–Trinajstić information content (AvgIpc) is 2.29. The first-order valence-electron chi connectivity index (χ1n) is 6.59. The van der Waals surface area contributed by atoms with Gasteiger partial charge in [0, 0.05) is 11.7 Å². The van der Waals surface area contributed by atoms with E-state index in [1.54, 1.807) is 13.8 Å². The fraction of sp³-hybridized carbons (Fsp3) is 0.467. The lowest BCUT2D eigenvalue weighted by Crippen LogP contribution is -2.43. The van der Waals surface area contributed by atoms with Crippen LogP contribution in [0.3, 0.4) is 0 Å². The van der Waals surface area contributed by atoms with Gasteiger partial charge in [-0.2, -0.15) is 0 Å². The zero-order chi connectivity index (χ0) is 15.4. The standard InChI is InChI=1S/C15H22N2O3/c1-9(2)17(8-13(18)19)15(20)16-14-11(4)6-10(3)7-12(14)5/h6-7,9H,8H2,1-5H3,(H,16,20)(H,18,19). The van der Waals surface area contributed by atoms with Crippen LogP contribution in [0.15, 0.2) is 12.1 Å². The van der Waals surface area contributed by atoms with Crippen molar-refractivity contribution in [2.45, 2.75) is 40.7 Å². The molecular weight excluding hydrogens is 256 g/mol. The van der Waals surface area contributed by atoms with E-state index in [0.29, 0.717) is 0 Å². The first-order chi connectivity index (χ1) is 9.22. The molecule has 0 radical (unpaired) electrons. The first-order valence-corrected chi connectivity index (χ1v) is 6.59. The molecule has 2 amide bonds. The zero-order valence-corrected chi connectivity index (χ0v) is 12.7. The molecule has 0 bridgehead atoms. The Kier molecular flexibility index (Phi) is 5.13. The molecule has 0 spiro atoms. The summed E-state index contributed by atoms with van der Waals surface area (Å²) in [5.74, 6) is -1.02. The Balaban J connectivity index is 2.97. The van der Waals surface area contributed by atoms with Gasteiger partial charge in [0.15, 0.2) is 0 Å². The molecule has 1 rings (SSSR count). The number of aryl methyl sites for hydroxylation is 3. The highest BCUT2D eigenvalue weighted by molar-refractivity contribution is 5.93. The Morgan fingerprint density at radius 3 is 2.10 bits per heavy atom. The summed E-state index contributed by atoms with van der Waals surface area (Å²) in [5.41, 5.74) is 3.81. The van der Waals surface area contributed by atoms with E-state index in [1.807, 2.05) is 32.9 Å². The molecule has 1 aromatic rings. The topological polar surface area (TPSA) is 69.6 Å². The van der Waals surface area contributed by atoms with Gasteiger partial charge in [-0.25, -0.2) is 4.79 Å². The van der Waals surface area contributed by atoms with E-state index >= 15 is 0 Å². The number of benzene rings is 1. The third-order valence-corrected chi connectivity index (χ3v) is 3.10. The van der Waals surface area contributed by atoms with Gasteiger partial charge in [-0.1, -0.05) is 17.7 Å². The number of carbonyl (C=O) groups excluding carboxylic acids is 1. The van der Waals surface area contributed by atoms with Crippen molar-refractivity contribution in [1.29, 1.82) is 0 Å². The number of urea groups is 1. The third-order valence-electron chi connectivity index (χ3n) is 3.10. The minimum atomic E-state index is -1.02. The van der Waals surface area contributed by atoms with Gasteiger partial charge in [0.25, 0.3) is 0 Å². The van der Waals surface area contributed by atoms with Crippen LogP contribution in [0.4, 0.5) is 10.5 Å². The second-order valence-corrected chi connectivity index (χ2v) is 5.32. The van der Waals surface area contributed by atoms with Gasteiger partial charge in [-0.05, 0) is 45.7 Å². The molecule has 0 saturated heterocycles. The van der Waals surface area contributed by atoms with Crippen LogP contribution < -0.4 is 5.32 Å². The molecule has 2 N–H and O–H groups in total. The summed E-state index contributed by atoms with van der Waals surface area (Å²) in [5, 5.41) is 11.7. The Bertz CT molecular complexity index is 501. The first kappa shape index (κ1) is 16.0. The Labute approximate surface area is 119 Å². The molecule has 5 nitrogen and oxygen atoms in total. The largest absolute Gasteiger partial charge is 0.480 e.